The van der Waals surface area contributed by atoms with Crippen molar-refractivity contribution in [3.8, 4) is 0 Å². The maximum atomic E-state index is 13.3. The lowest BCUT2D eigenvalue weighted by atomic mass is 9.83. The van der Waals surface area contributed by atoms with Gasteiger partial charge in [0.1, 0.15) is 6.61 Å². The highest BCUT2D eigenvalue weighted by Gasteiger charge is 2.44. The number of benzene rings is 2. The molecule has 1 aliphatic rings. The highest BCUT2D eigenvalue weighted by atomic mass is 19.4. The zero-order valence-corrected chi connectivity index (χ0v) is 20.7. The molecule has 1 heterocycles. The van der Waals surface area contributed by atoms with E-state index in [0.29, 0.717) is 18.6 Å². The number of amides is 2. The zero-order valence-electron chi connectivity index (χ0n) is 20.7. The van der Waals surface area contributed by atoms with E-state index in [1.807, 2.05) is 0 Å². The van der Waals surface area contributed by atoms with Gasteiger partial charge >= 0.3 is 18.4 Å². The van der Waals surface area contributed by atoms with Crippen molar-refractivity contribution in [2.75, 3.05) is 13.2 Å². The van der Waals surface area contributed by atoms with Crippen molar-refractivity contribution in [1.29, 1.82) is 0 Å². The lowest BCUT2D eigenvalue weighted by molar-refractivity contribution is -0.143. The molecule has 1 aliphatic heterocycles. The summed E-state index contributed by atoms with van der Waals surface area (Å²) in [5.41, 5.74) is 1.89. The average molecular weight is 547 g/mol. The number of ether oxygens (including phenoxy) is 2. The Morgan fingerprint density at radius 1 is 1.05 bits per heavy atom. The fourth-order valence-corrected chi connectivity index (χ4v) is 4.24. The van der Waals surface area contributed by atoms with E-state index in [9.17, 15) is 35.9 Å². The molecule has 3 atom stereocenters. The van der Waals surface area contributed by atoms with E-state index in [1.165, 1.54) is 11.8 Å². The Hall–Kier alpha value is -3.28. The van der Waals surface area contributed by atoms with Gasteiger partial charge in [-0.3, -0.25) is 9.69 Å². The number of piperidine rings is 1. The van der Waals surface area contributed by atoms with Crippen LogP contribution >= 0.6 is 0 Å². The third-order valence-corrected chi connectivity index (χ3v) is 6.64. The molecule has 38 heavy (non-hydrogen) atoms. The third kappa shape index (κ3) is 7.18. The SMILES string of the molecule is C[C@@H](OC[C@@]1(C)CCC(C(N)=O)CN1C(=O)OCc1ccccc1)c1cc(C(F)(F)F)cc(C(F)(F)F)c1. The highest BCUT2D eigenvalue weighted by molar-refractivity contribution is 5.78. The van der Waals surface area contributed by atoms with E-state index in [0.717, 1.165) is 5.56 Å². The summed E-state index contributed by atoms with van der Waals surface area (Å²) < 4.78 is 90.8. The van der Waals surface area contributed by atoms with Crippen LogP contribution in [0.4, 0.5) is 31.1 Å². The highest BCUT2D eigenvalue weighted by Crippen LogP contribution is 2.39. The minimum Gasteiger partial charge on any atom is -0.445 e. The maximum absolute atomic E-state index is 13.3. The summed E-state index contributed by atoms with van der Waals surface area (Å²) in [6.45, 7) is 2.62. The topological polar surface area (TPSA) is 81.9 Å². The van der Waals surface area contributed by atoms with Gasteiger partial charge in [0.25, 0.3) is 0 Å². The Labute approximate surface area is 215 Å². The standard InChI is InChI=1S/C26H28F6N2O4/c1-16(19-10-20(25(27,28)29)12-21(11-19)26(30,31)32)38-15-24(2)9-8-18(22(33)35)13-34(24)23(36)37-14-17-6-4-3-5-7-17/h3-7,10-12,16,18H,8-9,13-15H2,1-2H3,(H2,33,35)/t16-,18?,24-/m1/s1. The van der Waals surface area contributed by atoms with Crippen molar-refractivity contribution in [2.45, 2.75) is 57.3 Å². The van der Waals surface area contributed by atoms with Crippen molar-refractivity contribution < 1.29 is 45.4 Å². The van der Waals surface area contributed by atoms with Gasteiger partial charge in [0.2, 0.25) is 5.91 Å². The summed E-state index contributed by atoms with van der Waals surface area (Å²) in [6, 6.07) is 10.1. The van der Waals surface area contributed by atoms with Gasteiger partial charge in [0.05, 0.1) is 35.3 Å². The smallest absolute Gasteiger partial charge is 0.416 e. The molecule has 0 aromatic heterocycles. The first-order valence-corrected chi connectivity index (χ1v) is 11.8. The third-order valence-electron chi connectivity index (χ3n) is 6.64. The van der Waals surface area contributed by atoms with Crippen LogP contribution in [0.25, 0.3) is 0 Å². The van der Waals surface area contributed by atoms with E-state index in [-0.39, 0.29) is 37.8 Å². The molecular weight excluding hydrogens is 518 g/mol. The molecule has 0 aliphatic carbocycles. The van der Waals surface area contributed by atoms with Crippen molar-refractivity contribution in [2.24, 2.45) is 11.7 Å². The number of primary amides is 1. The molecule has 6 nitrogen and oxygen atoms in total. The molecular formula is C26H28F6N2O4. The Bertz CT molecular complexity index is 1110. The molecule has 0 radical (unpaired) electrons. The number of nitrogens with zero attached hydrogens (tertiary/aromatic N) is 1. The Balaban J connectivity index is 1.80. The van der Waals surface area contributed by atoms with Gasteiger partial charge in [-0.15, -0.1) is 0 Å². The van der Waals surface area contributed by atoms with Crippen LogP contribution in [0.5, 0.6) is 0 Å². The van der Waals surface area contributed by atoms with Crippen LogP contribution in [0.15, 0.2) is 48.5 Å². The number of hydrogen-bond donors (Lipinski definition) is 1. The van der Waals surface area contributed by atoms with Crippen molar-refractivity contribution in [3.05, 3.63) is 70.8 Å². The van der Waals surface area contributed by atoms with E-state index >= 15 is 0 Å². The molecule has 2 aromatic carbocycles. The lowest BCUT2D eigenvalue weighted by Crippen LogP contribution is -2.59. The van der Waals surface area contributed by atoms with Gasteiger partial charge in [-0.2, -0.15) is 26.3 Å². The van der Waals surface area contributed by atoms with E-state index < -0.39 is 53.0 Å². The van der Waals surface area contributed by atoms with E-state index in [4.69, 9.17) is 15.2 Å². The minimum absolute atomic E-state index is 0.0464. The largest absolute Gasteiger partial charge is 0.445 e. The molecule has 0 spiro atoms. The summed E-state index contributed by atoms with van der Waals surface area (Å²) in [6.07, 6.45) is -11.4. The van der Waals surface area contributed by atoms with Crippen molar-refractivity contribution >= 4 is 12.0 Å². The fourth-order valence-electron chi connectivity index (χ4n) is 4.24. The van der Waals surface area contributed by atoms with E-state index in [1.54, 1.807) is 37.3 Å². The predicted molar refractivity (Wildman–Crippen MR) is 124 cm³/mol. The van der Waals surface area contributed by atoms with E-state index in [2.05, 4.69) is 0 Å². The van der Waals surface area contributed by atoms with Crippen molar-refractivity contribution in [3.63, 3.8) is 0 Å². The first-order chi connectivity index (χ1) is 17.6. The number of rotatable bonds is 7. The van der Waals surface area contributed by atoms with Gasteiger partial charge in [-0.1, -0.05) is 30.3 Å². The molecule has 12 heteroatoms. The van der Waals surface area contributed by atoms with Gasteiger partial charge in [-0.25, -0.2) is 4.79 Å². The van der Waals surface area contributed by atoms with Gasteiger partial charge in [0, 0.05) is 6.54 Å². The molecule has 1 saturated heterocycles. The Morgan fingerprint density at radius 3 is 2.16 bits per heavy atom. The molecule has 2 amide bonds. The molecule has 1 unspecified atom stereocenters. The Morgan fingerprint density at radius 2 is 1.63 bits per heavy atom. The second-order valence-corrected chi connectivity index (χ2v) is 9.58. The molecule has 2 N–H and O–H groups in total. The van der Waals surface area contributed by atoms with Gasteiger partial charge < -0.3 is 15.2 Å². The minimum atomic E-state index is -4.99. The monoisotopic (exact) mass is 546 g/mol. The van der Waals surface area contributed by atoms with Crippen molar-refractivity contribution in [1.82, 2.24) is 4.90 Å². The summed E-state index contributed by atoms with van der Waals surface area (Å²) in [5, 5.41) is 0. The van der Waals surface area contributed by atoms with Crippen LogP contribution in [0.1, 0.15) is 55.0 Å². The summed E-state index contributed by atoms with van der Waals surface area (Å²) in [4.78, 5) is 26.1. The number of alkyl halides is 6. The summed E-state index contributed by atoms with van der Waals surface area (Å²) in [5.74, 6) is -1.26. The zero-order chi connectivity index (χ0) is 28.3. The fraction of sp³-hybridized carbons (Fsp3) is 0.462. The number of halogens is 6. The maximum Gasteiger partial charge on any atom is 0.416 e. The normalized spacial score (nSPS) is 21.2. The van der Waals surface area contributed by atoms with Gasteiger partial charge in [0.15, 0.2) is 0 Å². The number of nitrogens with two attached hydrogens (primary N) is 1. The summed E-state index contributed by atoms with van der Waals surface area (Å²) >= 11 is 0. The predicted octanol–water partition coefficient (Wildman–Crippen LogP) is 6.09. The van der Waals surface area contributed by atoms with Crippen LogP contribution in [0.3, 0.4) is 0 Å². The second-order valence-electron chi connectivity index (χ2n) is 9.58. The number of hydrogen-bond acceptors (Lipinski definition) is 4. The van der Waals surface area contributed by atoms with Crippen LogP contribution < -0.4 is 5.73 Å². The first kappa shape index (κ1) is 29.3. The molecule has 3 rings (SSSR count). The lowest BCUT2D eigenvalue weighted by Gasteiger charge is -2.46. The van der Waals surface area contributed by atoms with Crippen LogP contribution in [-0.2, 0) is 33.2 Å². The quantitative estimate of drug-likeness (QED) is 0.426. The average Bonchev–Trinajstić information content (AvgIpc) is 2.85. The summed E-state index contributed by atoms with van der Waals surface area (Å²) in [7, 11) is 0. The Kier molecular flexibility index (Phi) is 8.65. The first-order valence-electron chi connectivity index (χ1n) is 11.8. The molecule has 0 bridgehead atoms. The number of carbonyl (C=O) groups is 2. The van der Waals surface area contributed by atoms with Crippen LogP contribution in [0, 0.1) is 5.92 Å². The molecule has 0 saturated carbocycles. The number of carbonyl (C=O) groups excluding carboxylic acids is 2. The molecule has 2 aromatic rings. The van der Waals surface area contributed by atoms with Crippen LogP contribution in [-0.4, -0.2) is 35.6 Å². The molecule has 1 fully saturated rings. The van der Waals surface area contributed by atoms with Crippen LogP contribution in [0.2, 0.25) is 0 Å². The second kappa shape index (κ2) is 11.2. The van der Waals surface area contributed by atoms with Gasteiger partial charge in [-0.05, 0) is 56.0 Å². The number of likely N-dealkylation sites (tertiary alicyclic amines) is 1. The molecule has 208 valence electrons.